The van der Waals surface area contributed by atoms with Gasteiger partial charge in [-0.1, -0.05) is 111 Å². The van der Waals surface area contributed by atoms with Gasteiger partial charge < -0.3 is 14.7 Å². The van der Waals surface area contributed by atoms with Crippen LogP contribution in [0.1, 0.15) is 136 Å². The van der Waals surface area contributed by atoms with Gasteiger partial charge in [-0.25, -0.2) is 0 Å². The van der Waals surface area contributed by atoms with Crippen molar-refractivity contribution >= 4 is 24.2 Å². The second-order valence-corrected chi connectivity index (χ2v) is 12.3. The van der Waals surface area contributed by atoms with Crippen LogP contribution in [0.15, 0.2) is 0 Å². The van der Waals surface area contributed by atoms with Crippen molar-refractivity contribution < 1.29 is 14.2 Å². The molecule has 0 saturated heterocycles. The van der Waals surface area contributed by atoms with E-state index in [4.69, 9.17) is 16.3 Å². The number of hydrogen-bond acceptors (Lipinski definition) is 3. The monoisotopic (exact) mass is 479 g/mol. The lowest BCUT2D eigenvalue weighted by atomic mass is 10.0. The third-order valence-electron chi connectivity index (χ3n) is 5.23. The summed E-state index contributed by atoms with van der Waals surface area (Å²) in [5.41, 5.74) is 0. The van der Waals surface area contributed by atoms with E-state index in [9.17, 15) is 9.69 Å². The lowest BCUT2D eigenvalue weighted by Gasteiger charge is -2.09. The van der Waals surface area contributed by atoms with E-state index in [-0.39, 0.29) is 5.91 Å². The standard InChI is InChI=1S/C23H48NO3PS.C2H6/c1-3-4-5-6-7-8-9-10-11-12-13-14-15-18-21-24-23(25)20-17-16-19-22-27-28(2,26)29;1-2/h3-22H2,1-2H3,(H,24,25)(H,26,29);1-2H3. The van der Waals surface area contributed by atoms with Gasteiger partial charge in [-0.15, -0.1) is 0 Å². The first-order chi connectivity index (χ1) is 15.0. The molecule has 0 fully saturated rings. The van der Waals surface area contributed by atoms with Gasteiger partial charge in [-0.2, -0.15) is 0 Å². The SMILES string of the molecule is CC.CCCCCCCCCCCCCCCCNC(=O)CCCCCOP(C)(O)=S. The fourth-order valence-corrected chi connectivity index (χ4v) is 4.13. The maximum atomic E-state index is 11.8. The molecule has 4 nitrogen and oxygen atoms in total. The van der Waals surface area contributed by atoms with E-state index in [2.05, 4.69) is 12.2 Å². The summed E-state index contributed by atoms with van der Waals surface area (Å²) in [4.78, 5) is 21.1. The average molecular weight is 480 g/mol. The van der Waals surface area contributed by atoms with Gasteiger partial charge in [0.2, 0.25) is 5.91 Å². The molecule has 1 atom stereocenters. The van der Waals surface area contributed by atoms with Gasteiger partial charge >= 0.3 is 0 Å². The smallest absolute Gasteiger partial charge is 0.219 e. The van der Waals surface area contributed by atoms with Gasteiger partial charge in [0.25, 0.3) is 0 Å². The quantitative estimate of drug-likeness (QED) is 0.122. The van der Waals surface area contributed by atoms with Crippen LogP contribution in [0.25, 0.3) is 0 Å². The maximum Gasteiger partial charge on any atom is 0.219 e. The Morgan fingerprint density at radius 2 is 1.19 bits per heavy atom. The molecular weight excluding hydrogens is 425 g/mol. The zero-order valence-corrected chi connectivity index (χ0v) is 23.0. The first-order valence-corrected chi connectivity index (χ1v) is 16.3. The Morgan fingerprint density at radius 3 is 1.65 bits per heavy atom. The first-order valence-electron chi connectivity index (χ1n) is 13.2. The molecule has 0 aliphatic rings. The number of nitrogens with one attached hydrogen (secondary N) is 1. The Labute approximate surface area is 199 Å². The Balaban J connectivity index is 0. The van der Waals surface area contributed by atoms with E-state index in [1.807, 2.05) is 13.8 Å². The van der Waals surface area contributed by atoms with Crippen LogP contribution in [0.3, 0.4) is 0 Å². The molecular formula is C25H54NO3PS. The van der Waals surface area contributed by atoms with Gasteiger partial charge in [0.1, 0.15) is 0 Å². The molecule has 0 aromatic heterocycles. The largest absolute Gasteiger partial charge is 0.356 e. The number of amides is 1. The summed E-state index contributed by atoms with van der Waals surface area (Å²) in [6.07, 6.45) is 22.2. The van der Waals surface area contributed by atoms with Crippen molar-refractivity contribution in [3.8, 4) is 0 Å². The fourth-order valence-electron chi connectivity index (χ4n) is 3.43. The van der Waals surface area contributed by atoms with Crippen LogP contribution in [-0.4, -0.2) is 30.6 Å². The van der Waals surface area contributed by atoms with Gasteiger partial charge in [-0.05, 0) is 31.1 Å². The summed E-state index contributed by atoms with van der Waals surface area (Å²) in [6, 6.07) is 0. The van der Waals surface area contributed by atoms with Crippen LogP contribution < -0.4 is 5.32 Å². The highest BCUT2D eigenvalue weighted by atomic mass is 32.5. The van der Waals surface area contributed by atoms with Crippen LogP contribution in [0.5, 0.6) is 0 Å². The highest BCUT2D eigenvalue weighted by Gasteiger charge is 2.04. The number of carbonyl (C=O) groups is 1. The molecule has 0 rings (SSSR count). The minimum absolute atomic E-state index is 0.156. The van der Waals surface area contributed by atoms with E-state index in [1.54, 1.807) is 6.66 Å². The summed E-state index contributed by atoms with van der Waals surface area (Å²) < 4.78 is 5.18. The minimum Gasteiger partial charge on any atom is -0.356 e. The molecule has 1 amide bonds. The van der Waals surface area contributed by atoms with Crippen molar-refractivity contribution in [1.29, 1.82) is 0 Å². The molecule has 0 aliphatic carbocycles. The summed E-state index contributed by atoms with van der Waals surface area (Å²) in [7, 11) is 0. The third kappa shape index (κ3) is 32.3. The number of rotatable bonds is 22. The lowest BCUT2D eigenvalue weighted by molar-refractivity contribution is -0.121. The van der Waals surface area contributed by atoms with E-state index in [0.717, 1.165) is 32.2 Å². The molecule has 0 bridgehead atoms. The summed E-state index contributed by atoms with van der Waals surface area (Å²) >= 11 is 4.81. The van der Waals surface area contributed by atoms with Gasteiger partial charge in [-0.3, -0.25) is 4.79 Å². The zero-order chi connectivity index (χ0) is 23.6. The second kappa shape index (κ2) is 26.3. The Kier molecular flexibility index (Phi) is 28.2. The molecule has 0 spiro atoms. The number of unbranched alkanes of at least 4 members (excludes halogenated alkanes) is 15. The highest BCUT2D eigenvalue weighted by Crippen LogP contribution is 2.37. The predicted octanol–water partition coefficient (Wildman–Crippen LogP) is 8.12. The van der Waals surface area contributed by atoms with E-state index in [1.165, 1.54) is 83.5 Å². The average Bonchev–Trinajstić information content (AvgIpc) is 2.74. The van der Waals surface area contributed by atoms with E-state index >= 15 is 0 Å². The Morgan fingerprint density at radius 1 is 0.774 bits per heavy atom. The normalized spacial score (nSPS) is 12.7. The van der Waals surface area contributed by atoms with E-state index in [0.29, 0.717) is 13.0 Å². The molecule has 0 radical (unpaired) electrons. The molecule has 2 N–H and O–H groups in total. The third-order valence-corrected chi connectivity index (χ3v) is 6.21. The molecule has 188 valence electrons. The van der Waals surface area contributed by atoms with Crippen molar-refractivity contribution in [2.75, 3.05) is 19.8 Å². The van der Waals surface area contributed by atoms with Crippen LogP contribution in [-0.2, 0) is 21.1 Å². The molecule has 1 unspecified atom stereocenters. The van der Waals surface area contributed by atoms with Crippen LogP contribution in [0.4, 0.5) is 0 Å². The van der Waals surface area contributed by atoms with Gasteiger partial charge in [0.15, 0.2) is 6.49 Å². The number of carbonyl (C=O) groups excluding carboxylic acids is 1. The molecule has 0 aromatic rings. The summed E-state index contributed by atoms with van der Waals surface area (Å²) in [5, 5.41) is 3.02. The highest BCUT2D eigenvalue weighted by molar-refractivity contribution is 8.09. The van der Waals surface area contributed by atoms with Crippen molar-refractivity contribution in [2.24, 2.45) is 0 Å². The molecule has 6 heteroatoms. The molecule has 0 saturated carbocycles. The van der Waals surface area contributed by atoms with Crippen molar-refractivity contribution in [3.05, 3.63) is 0 Å². The second-order valence-electron chi connectivity index (χ2n) is 8.39. The zero-order valence-electron chi connectivity index (χ0n) is 21.3. The molecule has 0 aliphatic heterocycles. The van der Waals surface area contributed by atoms with Crippen molar-refractivity contribution in [1.82, 2.24) is 5.32 Å². The van der Waals surface area contributed by atoms with Crippen LogP contribution in [0, 0.1) is 0 Å². The Bertz CT molecular complexity index is 416. The molecule has 0 heterocycles. The van der Waals surface area contributed by atoms with E-state index < -0.39 is 6.49 Å². The van der Waals surface area contributed by atoms with Crippen LogP contribution in [0.2, 0.25) is 0 Å². The first kappa shape index (κ1) is 33.2. The molecule has 0 aromatic carbocycles. The van der Waals surface area contributed by atoms with Crippen molar-refractivity contribution in [2.45, 2.75) is 136 Å². The van der Waals surface area contributed by atoms with Gasteiger partial charge in [0.05, 0.1) is 6.61 Å². The van der Waals surface area contributed by atoms with Gasteiger partial charge in [0, 0.05) is 19.6 Å². The lowest BCUT2D eigenvalue weighted by Crippen LogP contribution is -2.23. The Hall–Kier alpha value is 0.0400. The minimum atomic E-state index is -2.52. The van der Waals surface area contributed by atoms with Crippen LogP contribution >= 0.6 is 6.49 Å². The summed E-state index contributed by atoms with van der Waals surface area (Å²) in [5.74, 6) is 0.156. The fraction of sp³-hybridized carbons (Fsp3) is 0.960. The van der Waals surface area contributed by atoms with Crippen molar-refractivity contribution in [3.63, 3.8) is 0 Å². The maximum absolute atomic E-state index is 11.8. The summed E-state index contributed by atoms with van der Waals surface area (Å²) in [6.45, 7) is 6.62. The number of hydrogen-bond donors (Lipinski definition) is 2. The predicted molar refractivity (Wildman–Crippen MR) is 142 cm³/mol. The molecule has 31 heavy (non-hydrogen) atoms. The topological polar surface area (TPSA) is 58.6 Å².